The number of aliphatic hydroxyl groups is 1. The van der Waals surface area contributed by atoms with Crippen LogP contribution in [0.4, 0.5) is 0 Å². The van der Waals surface area contributed by atoms with Crippen molar-refractivity contribution in [2.24, 2.45) is 0 Å². The summed E-state index contributed by atoms with van der Waals surface area (Å²) in [4.78, 5) is 2.36. The zero-order chi connectivity index (χ0) is 13.2. The van der Waals surface area contributed by atoms with Gasteiger partial charge in [0.25, 0.3) is 0 Å². The van der Waals surface area contributed by atoms with E-state index in [4.69, 9.17) is 4.42 Å². The average molecular weight is 259 g/mol. The largest absolute Gasteiger partial charge is 0.461 e. The molecule has 0 spiro atoms. The smallest absolute Gasteiger partial charge is 0.134 e. The van der Waals surface area contributed by atoms with Crippen LogP contribution in [0.25, 0.3) is 11.0 Å². The third-order valence-electron chi connectivity index (χ3n) is 4.03. The van der Waals surface area contributed by atoms with Crippen LogP contribution in [-0.2, 0) is 0 Å². The van der Waals surface area contributed by atoms with Gasteiger partial charge in [-0.05, 0) is 38.9 Å². The van der Waals surface area contributed by atoms with E-state index in [9.17, 15) is 5.11 Å². The third-order valence-corrected chi connectivity index (χ3v) is 4.03. The van der Waals surface area contributed by atoms with Crippen molar-refractivity contribution < 1.29 is 9.52 Å². The molecule has 1 atom stereocenters. The number of piperidine rings is 1. The number of furan rings is 1. The summed E-state index contributed by atoms with van der Waals surface area (Å²) >= 11 is 0. The number of benzene rings is 1. The Balaban J connectivity index is 1.84. The van der Waals surface area contributed by atoms with Crippen molar-refractivity contribution in [1.29, 1.82) is 0 Å². The first-order valence-corrected chi connectivity index (χ1v) is 7.14. The van der Waals surface area contributed by atoms with Crippen molar-refractivity contribution in [2.45, 2.75) is 32.3 Å². The highest BCUT2D eigenvalue weighted by Crippen LogP contribution is 2.31. The molecule has 1 aliphatic heterocycles. The van der Waals surface area contributed by atoms with Gasteiger partial charge in [-0.1, -0.05) is 24.6 Å². The number of aliphatic hydroxyl groups excluding tert-OH is 1. The van der Waals surface area contributed by atoms with E-state index in [1.807, 2.05) is 31.2 Å². The van der Waals surface area contributed by atoms with Gasteiger partial charge < -0.3 is 14.4 Å². The zero-order valence-electron chi connectivity index (χ0n) is 11.4. The molecule has 2 heterocycles. The minimum absolute atomic E-state index is 0.457. The number of likely N-dealkylation sites (tertiary alicyclic amines) is 1. The molecular formula is C16H21NO2. The molecular weight excluding hydrogens is 238 g/mol. The molecule has 0 saturated carbocycles. The summed E-state index contributed by atoms with van der Waals surface area (Å²) in [6.45, 7) is 4.86. The number of β-amino-alcohol motifs (C(OH)–C–C–N with tert-alkyl or cyclic N) is 1. The molecule has 1 N–H and O–H groups in total. The van der Waals surface area contributed by atoms with E-state index in [0.29, 0.717) is 6.54 Å². The molecule has 2 aromatic rings. The Bertz CT molecular complexity index is 555. The minimum Gasteiger partial charge on any atom is -0.461 e. The third kappa shape index (κ3) is 2.53. The molecule has 1 aliphatic rings. The predicted octanol–water partition coefficient (Wildman–Crippen LogP) is 3.26. The van der Waals surface area contributed by atoms with Crippen molar-refractivity contribution in [2.75, 3.05) is 19.6 Å². The highest BCUT2D eigenvalue weighted by molar-refractivity contribution is 5.82. The Labute approximate surface area is 113 Å². The van der Waals surface area contributed by atoms with Crippen molar-refractivity contribution in [3.63, 3.8) is 0 Å². The summed E-state index contributed by atoms with van der Waals surface area (Å²) in [6.07, 6.45) is 3.36. The van der Waals surface area contributed by atoms with E-state index in [2.05, 4.69) is 4.90 Å². The van der Waals surface area contributed by atoms with Gasteiger partial charge in [-0.3, -0.25) is 0 Å². The van der Waals surface area contributed by atoms with Crippen LogP contribution >= 0.6 is 0 Å². The molecule has 1 saturated heterocycles. The monoisotopic (exact) mass is 259 g/mol. The van der Waals surface area contributed by atoms with Crippen LogP contribution in [0.2, 0.25) is 0 Å². The summed E-state index contributed by atoms with van der Waals surface area (Å²) < 4.78 is 5.73. The molecule has 3 rings (SSSR count). The molecule has 0 aliphatic carbocycles. The number of hydrogen-bond donors (Lipinski definition) is 1. The van der Waals surface area contributed by atoms with Gasteiger partial charge in [0.2, 0.25) is 0 Å². The highest BCUT2D eigenvalue weighted by Gasteiger charge is 2.21. The summed E-state index contributed by atoms with van der Waals surface area (Å²) in [7, 11) is 0. The van der Waals surface area contributed by atoms with Gasteiger partial charge >= 0.3 is 0 Å². The zero-order valence-corrected chi connectivity index (χ0v) is 11.4. The maximum atomic E-state index is 10.5. The molecule has 19 heavy (non-hydrogen) atoms. The Hall–Kier alpha value is -1.32. The standard InChI is InChI=1S/C16H21NO2/c1-12-16(13-7-3-4-8-15(13)19-12)14(18)11-17-9-5-2-6-10-17/h3-4,7-8,14,18H,2,5-6,9-11H2,1H3. The van der Waals surface area contributed by atoms with Crippen molar-refractivity contribution in [1.82, 2.24) is 4.90 Å². The lowest BCUT2D eigenvalue weighted by Gasteiger charge is -2.28. The molecule has 3 nitrogen and oxygen atoms in total. The number of fused-ring (bicyclic) bond motifs is 1. The normalized spacial score (nSPS) is 18.8. The van der Waals surface area contributed by atoms with Gasteiger partial charge in [0.15, 0.2) is 0 Å². The van der Waals surface area contributed by atoms with Crippen LogP contribution in [0.15, 0.2) is 28.7 Å². The van der Waals surface area contributed by atoms with Crippen LogP contribution < -0.4 is 0 Å². The number of hydrogen-bond acceptors (Lipinski definition) is 3. The molecule has 0 bridgehead atoms. The van der Waals surface area contributed by atoms with E-state index >= 15 is 0 Å². The molecule has 1 aromatic heterocycles. The van der Waals surface area contributed by atoms with Crippen LogP contribution in [0.3, 0.4) is 0 Å². The summed E-state index contributed by atoms with van der Waals surface area (Å²) in [6, 6.07) is 7.94. The molecule has 1 unspecified atom stereocenters. The van der Waals surface area contributed by atoms with E-state index in [0.717, 1.165) is 35.4 Å². The van der Waals surface area contributed by atoms with E-state index in [1.165, 1.54) is 19.3 Å². The van der Waals surface area contributed by atoms with Crippen LogP contribution in [0, 0.1) is 6.92 Å². The first-order chi connectivity index (χ1) is 9.25. The SMILES string of the molecule is Cc1oc2ccccc2c1C(O)CN1CCCCC1. The van der Waals surface area contributed by atoms with Crippen molar-refractivity contribution in [3.8, 4) is 0 Å². The second-order valence-electron chi connectivity index (χ2n) is 5.45. The van der Waals surface area contributed by atoms with Gasteiger partial charge in [-0.2, -0.15) is 0 Å². The Morgan fingerprint density at radius 1 is 1.21 bits per heavy atom. The molecule has 0 radical (unpaired) electrons. The quantitative estimate of drug-likeness (QED) is 0.919. The van der Waals surface area contributed by atoms with Gasteiger partial charge in [-0.15, -0.1) is 0 Å². The lowest BCUT2D eigenvalue weighted by Crippen LogP contribution is -2.33. The Morgan fingerprint density at radius 3 is 2.74 bits per heavy atom. The van der Waals surface area contributed by atoms with E-state index in [-0.39, 0.29) is 0 Å². The minimum atomic E-state index is -0.457. The lowest BCUT2D eigenvalue weighted by atomic mass is 10.0. The highest BCUT2D eigenvalue weighted by atomic mass is 16.3. The summed E-state index contributed by atoms with van der Waals surface area (Å²) in [5.74, 6) is 0.839. The molecule has 1 fully saturated rings. The van der Waals surface area contributed by atoms with Gasteiger partial charge in [0, 0.05) is 17.5 Å². The van der Waals surface area contributed by atoms with Crippen molar-refractivity contribution in [3.05, 3.63) is 35.6 Å². The molecule has 102 valence electrons. The fourth-order valence-electron chi connectivity index (χ4n) is 3.08. The Morgan fingerprint density at radius 2 is 1.95 bits per heavy atom. The first-order valence-electron chi connectivity index (χ1n) is 7.14. The van der Waals surface area contributed by atoms with Gasteiger partial charge in [-0.25, -0.2) is 0 Å². The average Bonchev–Trinajstić information content (AvgIpc) is 2.75. The van der Waals surface area contributed by atoms with Crippen LogP contribution in [0.1, 0.15) is 36.7 Å². The second kappa shape index (κ2) is 5.35. The number of aryl methyl sites for hydroxylation is 1. The fourth-order valence-corrected chi connectivity index (χ4v) is 3.08. The lowest BCUT2D eigenvalue weighted by molar-refractivity contribution is 0.101. The summed E-state index contributed by atoms with van der Waals surface area (Å²) in [5, 5.41) is 11.6. The van der Waals surface area contributed by atoms with E-state index < -0.39 is 6.10 Å². The maximum Gasteiger partial charge on any atom is 0.134 e. The summed E-state index contributed by atoms with van der Waals surface area (Å²) in [5.41, 5.74) is 1.83. The Kier molecular flexibility index (Phi) is 3.58. The molecule has 1 aromatic carbocycles. The van der Waals surface area contributed by atoms with Crippen LogP contribution in [0.5, 0.6) is 0 Å². The topological polar surface area (TPSA) is 36.6 Å². The number of nitrogens with zero attached hydrogens (tertiary/aromatic N) is 1. The predicted molar refractivity (Wildman–Crippen MR) is 76.2 cm³/mol. The first kappa shape index (κ1) is 12.7. The van der Waals surface area contributed by atoms with Crippen molar-refractivity contribution >= 4 is 11.0 Å². The molecule has 3 heteroatoms. The van der Waals surface area contributed by atoms with Gasteiger partial charge in [0.05, 0.1) is 6.10 Å². The van der Waals surface area contributed by atoms with E-state index in [1.54, 1.807) is 0 Å². The second-order valence-corrected chi connectivity index (χ2v) is 5.45. The van der Waals surface area contributed by atoms with Gasteiger partial charge in [0.1, 0.15) is 11.3 Å². The number of rotatable bonds is 3. The van der Waals surface area contributed by atoms with Crippen LogP contribution in [-0.4, -0.2) is 29.6 Å². The molecule has 0 amide bonds. The fraction of sp³-hybridized carbons (Fsp3) is 0.500. The number of para-hydroxylation sites is 1. The maximum absolute atomic E-state index is 10.5.